The fourth-order valence-electron chi connectivity index (χ4n) is 2.35. The second-order valence-electron chi connectivity index (χ2n) is 4.74. The van der Waals surface area contributed by atoms with Gasteiger partial charge in [-0.3, -0.25) is 9.59 Å². The molecule has 2 rings (SSSR count). The number of halogens is 2. The summed E-state index contributed by atoms with van der Waals surface area (Å²) in [4.78, 5) is 22.6. The van der Waals surface area contributed by atoms with Crippen LogP contribution in [0.4, 0.5) is 0 Å². The van der Waals surface area contributed by atoms with Gasteiger partial charge in [-0.1, -0.05) is 24.3 Å². The van der Waals surface area contributed by atoms with Gasteiger partial charge in [0.05, 0.1) is 0 Å². The Bertz CT molecular complexity index is 698. The Morgan fingerprint density at radius 1 is 0.818 bits per heavy atom. The van der Waals surface area contributed by atoms with Gasteiger partial charge in [-0.2, -0.15) is 0 Å². The number of amides is 2. The lowest BCUT2D eigenvalue weighted by Crippen LogP contribution is -2.15. The predicted octanol–water partition coefficient (Wildman–Crippen LogP) is 3.01. The van der Waals surface area contributed by atoms with Gasteiger partial charge in [0.2, 0.25) is 11.8 Å². The number of benzene rings is 2. The van der Waals surface area contributed by atoms with Crippen LogP contribution in [-0.2, 0) is 0 Å². The third-order valence-corrected chi connectivity index (χ3v) is 3.40. The average Bonchev–Trinajstić information content (AvgIpc) is 2.38. The quantitative estimate of drug-likeness (QED) is 0.899. The number of carbonyl (C=O) groups excluding carboxylic acids is 2. The Hall–Kier alpha value is -2.04. The van der Waals surface area contributed by atoms with Crippen molar-refractivity contribution in [2.45, 2.75) is 13.8 Å². The number of nitrogens with two attached hydrogens (primary N) is 2. The first-order chi connectivity index (χ1) is 9.41. The van der Waals surface area contributed by atoms with Crippen LogP contribution in [0.15, 0.2) is 36.4 Å². The molecule has 0 heterocycles. The van der Waals surface area contributed by atoms with Gasteiger partial charge in [-0.25, -0.2) is 0 Å². The van der Waals surface area contributed by atoms with Gasteiger partial charge < -0.3 is 11.5 Å². The highest BCUT2D eigenvalue weighted by atomic mass is 35.5. The first-order valence-corrected chi connectivity index (χ1v) is 6.22. The van der Waals surface area contributed by atoms with Gasteiger partial charge in [-0.15, -0.1) is 24.8 Å². The van der Waals surface area contributed by atoms with E-state index < -0.39 is 11.8 Å². The van der Waals surface area contributed by atoms with Gasteiger partial charge in [0.1, 0.15) is 0 Å². The molecule has 4 N–H and O–H groups in total. The van der Waals surface area contributed by atoms with Crippen molar-refractivity contribution in [1.82, 2.24) is 0 Å². The summed E-state index contributed by atoms with van der Waals surface area (Å²) in [5.74, 6) is -0.898. The molecule has 0 unspecified atom stereocenters. The lowest BCUT2D eigenvalue weighted by atomic mass is 9.92. The molecule has 0 spiro atoms. The molecular weight excluding hydrogens is 323 g/mol. The zero-order chi connectivity index (χ0) is 14.9. The van der Waals surface area contributed by atoms with E-state index in [-0.39, 0.29) is 24.8 Å². The van der Waals surface area contributed by atoms with Crippen molar-refractivity contribution >= 4 is 36.6 Å². The van der Waals surface area contributed by atoms with Gasteiger partial charge >= 0.3 is 0 Å². The number of rotatable bonds is 3. The first kappa shape index (κ1) is 20.0. The zero-order valence-electron chi connectivity index (χ0n) is 12.3. The Morgan fingerprint density at radius 2 is 1.36 bits per heavy atom. The van der Waals surface area contributed by atoms with Crippen molar-refractivity contribution in [3.05, 3.63) is 58.7 Å². The Balaban J connectivity index is 0.00000220. The van der Waals surface area contributed by atoms with E-state index in [0.717, 1.165) is 22.3 Å². The van der Waals surface area contributed by atoms with Crippen LogP contribution in [-0.4, -0.2) is 11.8 Å². The van der Waals surface area contributed by atoms with E-state index in [1.165, 1.54) is 0 Å². The van der Waals surface area contributed by atoms with Crippen LogP contribution in [0.2, 0.25) is 0 Å². The first-order valence-electron chi connectivity index (χ1n) is 6.22. The van der Waals surface area contributed by atoms with E-state index in [4.69, 9.17) is 11.5 Å². The van der Waals surface area contributed by atoms with E-state index in [2.05, 4.69) is 0 Å². The largest absolute Gasteiger partial charge is 0.366 e. The molecule has 0 aromatic heterocycles. The molecule has 0 saturated carbocycles. The molecule has 0 fully saturated rings. The van der Waals surface area contributed by atoms with Gasteiger partial charge in [0, 0.05) is 11.1 Å². The van der Waals surface area contributed by atoms with Crippen molar-refractivity contribution < 1.29 is 9.59 Å². The summed E-state index contributed by atoms with van der Waals surface area (Å²) in [6.45, 7) is 3.72. The second kappa shape index (κ2) is 7.82. The minimum Gasteiger partial charge on any atom is -0.366 e. The summed E-state index contributed by atoms with van der Waals surface area (Å²) in [6, 6.07) is 10.8. The maximum absolute atomic E-state index is 11.5. The van der Waals surface area contributed by atoms with Crippen LogP contribution < -0.4 is 11.5 Å². The third kappa shape index (κ3) is 3.78. The molecule has 22 heavy (non-hydrogen) atoms. The summed E-state index contributed by atoms with van der Waals surface area (Å²) >= 11 is 0. The van der Waals surface area contributed by atoms with Crippen LogP contribution in [0.5, 0.6) is 0 Å². The van der Waals surface area contributed by atoms with E-state index in [0.29, 0.717) is 11.1 Å². The molecule has 0 atom stereocenters. The molecule has 6 heteroatoms. The second-order valence-corrected chi connectivity index (χ2v) is 4.74. The van der Waals surface area contributed by atoms with E-state index in [9.17, 15) is 9.59 Å². The number of hydrogen-bond donors (Lipinski definition) is 2. The standard InChI is InChI=1S/C16H16N2O2.2ClH/c1-9-3-8-13(10(2)14(9)16(18)20)11-4-6-12(7-5-11)15(17)19;;/h3-8H,1-2H3,(H2,17,19)(H2,18,20);2*1H. The Morgan fingerprint density at radius 3 is 1.82 bits per heavy atom. The number of carbonyl (C=O) groups is 2. The topological polar surface area (TPSA) is 86.2 Å². The zero-order valence-corrected chi connectivity index (χ0v) is 13.9. The van der Waals surface area contributed by atoms with Crippen molar-refractivity contribution in [3.8, 4) is 11.1 Å². The molecule has 0 bridgehead atoms. The van der Waals surface area contributed by atoms with E-state index in [1.807, 2.05) is 38.1 Å². The summed E-state index contributed by atoms with van der Waals surface area (Å²) < 4.78 is 0. The van der Waals surface area contributed by atoms with E-state index in [1.54, 1.807) is 12.1 Å². The minimum atomic E-state index is -0.463. The Kier molecular flexibility index (Phi) is 7.10. The number of hydrogen-bond acceptors (Lipinski definition) is 2. The van der Waals surface area contributed by atoms with Crippen molar-refractivity contribution in [1.29, 1.82) is 0 Å². The molecule has 0 aliphatic heterocycles. The van der Waals surface area contributed by atoms with E-state index >= 15 is 0 Å². The third-order valence-electron chi connectivity index (χ3n) is 3.40. The normalized spacial score (nSPS) is 9.36. The average molecular weight is 341 g/mol. The summed E-state index contributed by atoms with van der Waals surface area (Å²) in [5.41, 5.74) is 15.2. The highest BCUT2D eigenvalue weighted by Crippen LogP contribution is 2.27. The van der Waals surface area contributed by atoms with Crippen molar-refractivity contribution in [2.24, 2.45) is 11.5 Å². The molecule has 118 valence electrons. The molecule has 2 amide bonds. The smallest absolute Gasteiger partial charge is 0.249 e. The summed E-state index contributed by atoms with van der Waals surface area (Å²) in [6.07, 6.45) is 0. The monoisotopic (exact) mass is 340 g/mol. The fourth-order valence-corrected chi connectivity index (χ4v) is 2.35. The van der Waals surface area contributed by atoms with Crippen molar-refractivity contribution in [3.63, 3.8) is 0 Å². The number of aryl methyl sites for hydroxylation is 1. The molecular formula is C16H18Cl2N2O2. The van der Waals surface area contributed by atoms with Crippen LogP contribution in [0, 0.1) is 13.8 Å². The van der Waals surface area contributed by atoms with Gasteiger partial charge in [0.25, 0.3) is 0 Å². The lowest BCUT2D eigenvalue weighted by molar-refractivity contribution is 0.0991. The summed E-state index contributed by atoms with van der Waals surface area (Å²) in [7, 11) is 0. The fraction of sp³-hybridized carbons (Fsp3) is 0.125. The number of primary amides is 2. The minimum absolute atomic E-state index is 0. The highest BCUT2D eigenvalue weighted by Gasteiger charge is 2.13. The van der Waals surface area contributed by atoms with Gasteiger partial charge in [0.15, 0.2) is 0 Å². The van der Waals surface area contributed by atoms with Gasteiger partial charge in [-0.05, 0) is 48.2 Å². The Labute approximate surface area is 141 Å². The summed E-state index contributed by atoms with van der Waals surface area (Å²) in [5, 5.41) is 0. The van der Waals surface area contributed by atoms with Crippen LogP contribution in [0.1, 0.15) is 31.8 Å². The molecule has 0 saturated heterocycles. The molecule has 0 radical (unpaired) electrons. The maximum atomic E-state index is 11.5. The molecule has 4 nitrogen and oxygen atoms in total. The molecule has 0 aliphatic rings. The SMILES string of the molecule is Cc1ccc(-c2ccc(C(N)=O)cc2)c(C)c1C(N)=O.Cl.Cl. The highest BCUT2D eigenvalue weighted by molar-refractivity contribution is 5.98. The van der Waals surface area contributed by atoms with Crippen LogP contribution in [0.3, 0.4) is 0 Å². The maximum Gasteiger partial charge on any atom is 0.249 e. The molecule has 2 aromatic carbocycles. The van der Waals surface area contributed by atoms with Crippen molar-refractivity contribution in [2.75, 3.05) is 0 Å². The molecule has 2 aromatic rings. The van der Waals surface area contributed by atoms with Crippen LogP contribution >= 0.6 is 24.8 Å². The lowest BCUT2D eigenvalue weighted by Gasteiger charge is -2.12. The molecule has 0 aliphatic carbocycles. The van der Waals surface area contributed by atoms with Crippen LogP contribution in [0.25, 0.3) is 11.1 Å². The predicted molar refractivity (Wildman–Crippen MR) is 92.9 cm³/mol.